The number of carbonyl (C=O) groups is 1. The van der Waals surface area contributed by atoms with Gasteiger partial charge in [-0.05, 0) is 36.6 Å². The lowest BCUT2D eigenvalue weighted by Crippen LogP contribution is -2.39. The summed E-state index contributed by atoms with van der Waals surface area (Å²) in [7, 11) is 0. The van der Waals surface area contributed by atoms with Crippen molar-refractivity contribution in [3.05, 3.63) is 65.2 Å². The second kappa shape index (κ2) is 5.37. The first-order valence-corrected chi connectivity index (χ1v) is 6.83. The molecular weight excluding hydrogens is 250 g/mol. The number of amides is 1. The Labute approximate surface area is 118 Å². The van der Waals surface area contributed by atoms with Crippen LogP contribution in [0.15, 0.2) is 48.5 Å². The lowest BCUT2D eigenvalue weighted by Gasteiger charge is -2.23. The highest BCUT2D eigenvalue weighted by molar-refractivity contribution is 5.97. The maximum atomic E-state index is 12.0. The van der Waals surface area contributed by atoms with Gasteiger partial charge in [-0.3, -0.25) is 4.79 Å². The normalized spacial score (nSPS) is 17.2. The predicted octanol–water partition coefficient (Wildman–Crippen LogP) is 2.94. The zero-order chi connectivity index (χ0) is 13.9. The number of fused-ring (bicyclic) bond motifs is 1. The van der Waals surface area contributed by atoms with Gasteiger partial charge in [-0.25, -0.2) is 0 Å². The molecule has 0 spiro atoms. The molecule has 0 saturated heterocycles. The van der Waals surface area contributed by atoms with E-state index in [-0.39, 0.29) is 11.9 Å². The van der Waals surface area contributed by atoms with E-state index in [1.807, 2.05) is 55.5 Å². The number of hydrogen-bond donors (Lipinski definition) is 1. The quantitative estimate of drug-likeness (QED) is 0.928. The second-order valence-corrected chi connectivity index (χ2v) is 5.17. The van der Waals surface area contributed by atoms with Crippen LogP contribution in [0.3, 0.4) is 0 Å². The Morgan fingerprint density at radius 3 is 2.80 bits per heavy atom. The summed E-state index contributed by atoms with van der Waals surface area (Å²) in [4.78, 5) is 12.0. The Morgan fingerprint density at radius 2 is 2.00 bits per heavy atom. The van der Waals surface area contributed by atoms with Crippen molar-refractivity contribution in [3.63, 3.8) is 0 Å². The van der Waals surface area contributed by atoms with E-state index in [2.05, 4.69) is 5.32 Å². The highest BCUT2D eigenvalue weighted by atomic mass is 16.5. The monoisotopic (exact) mass is 267 g/mol. The van der Waals surface area contributed by atoms with Crippen LogP contribution in [0.25, 0.3) is 0 Å². The fraction of sp³-hybridized carbons (Fsp3) is 0.235. The summed E-state index contributed by atoms with van der Waals surface area (Å²) >= 11 is 0. The van der Waals surface area contributed by atoms with Crippen LogP contribution < -0.4 is 10.1 Å². The summed E-state index contributed by atoms with van der Waals surface area (Å²) in [6.07, 6.45) is 0.875. The molecule has 2 aromatic rings. The third kappa shape index (κ3) is 2.67. The van der Waals surface area contributed by atoms with Gasteiger partial charge in [-0.2, -0.15) is 0 Å². The van der Waals surface area contributed by atoms with E-state index in [0.29, 0.717) is 6.61 Å². The maximum absolute atomic E-state index is 12.0. The van der Waals surface area contributed by atoms with Crippen LogP contribution >= 0.6 is 0 Å². The van der Waals surface area contributed by atoms with Crippen molar-refractivity contribution in [3.8, 4) is 5.75 Å². The second-order valence-electron chi connectivity index (χ2n) is 5.17. The smallest absolute Gasteiger partial charge is 0.251 e. The van der Waals surface area contributed by atoms with E-state index in [1.54, 1.807) is 0 Å². The average Bonchev–Trinajstić information content (AvgIpc) is 2.46. The molecule has 0 aromatic heterocycles. The number of carbonyl (C=O) groups excluding carboxylic acids is 1. The number of nitrogens with one attached hydrogen (secondary N) is 1. The third-order valence-corrected chi connectivity index (χ3v) is 3.48. The van der Waals surface area contributed by atoms with Gasteiger partial charge in [0, 0.05) is 11.6 Å². The van der Waals surface area contributed by atoms with Crippen LogP contribution in [0.2, 0.25) is 0 Å². The summed E-state index contributed by atoms with van der Waals surface area (Å²) < 4.78 is 5.75. The van der Waals surface area contributed by atoms with Crippen LogP contribution in [0.1, 0.15) is 28.4 Å². The van der Waals surface area contributed by atoms with E-state index >= 15 is 0 Å². The van der Waals surface area contributed by atoms with E-state index in [1.165, 1.54) is 0 Å². The van der Waals surface area contributed by atoms with Crippen LogP contribution in [-0.2, 0) is 13.0 Å². The Hall–Kier alpha value is -2.29. The highest BCUT2D eigenvalue weighted by Gasteiger charge is 2.21. The fourth-order valence-electron chi connectivity index (χ4n) is 2.46. The molecule has 1 aliphatic heterocycles. The van der Waals surface area contributed by atoms with Gasteiger partial charge in [-0.1, -0.05) is 36.4 Å². The Balaban J connectivity index is 1.76. The van der Waals surface area contributed by atoms with Crippen LogP contribution in [0.5, 0.6) is 5.75 Å². The highest BCUT2D eigenvalue weighted by Crippen LogP contribution is 2.23. The molecule has 102 valence electrons. The minimum absolute atomic E-state index is 0.0103. The molecule has 0 bridgehead atoms. The first kappa shape index (κ1) is 12.7. The van der Waals surface area contributed by atoms with Crippen molar-refractivity contribution < 1.29 is 9.53 Å². The van der Waals surface area contributed by atoms with Crippen LogP contribution in [-0.4, -0.2) is 11.9 Å². The third-order valence-electron chi connectivity index (χ3n) is 3.48. The summed E-state index contributed by atoms with van der Waals surface area (Å²) in [6.45, 7) is 2.53. The van der Waals surface area contributed by atoms with Crippen molar-refractivity contribution in [2.45, 2.75) is 26.0 Å². The molecule has 0 fully saturated rings. The molecule has 0 aliphatic carbocycles. The molecule has 1 heterocycles. The van der Waals surface area contributed by atoms with E-state index in [0.717, 1.165) is 28.9 Å². The zero-order valence-corrected chi connectivity index (χ0v) is 11.4. The SMILES string of the molecule is CC1Cc2ccc(OCc3ccccc3)cc2C(=O)N1. The molecule has 20 heavy (non-hydrogen) atoms. The molecular formula is C17H17NO2. The van der Waals surface area contributed by atoms with Gasteiger partial charge in [-0.15, -0.1) is 0 Å². The molecule has 3 rings (SSSR count). The van der Waals surface area contributed by atoms with Crippen molar-refractivity contribution in [1.29, 1.82) is 0 Å². The van der Waals surface area contributed by atoms with Crippen LogP contribution in [0, 0.1) is 0 Å². The van der Waals surface area contributed by atoms with Gasteiger partial charge in [0.05, 0.1) is 0 Å². The molecule has 3 nitrogen and oxygen atoms in total. The molecule has 1 amide bonds. The van der Waals surface area contributed by atoms with Gasteiger partial charge in [0.25, 0.3) is 5.91 Å². The van der Waals surface area contributed by atoms with Crippen molar-refractivity contribution in [2.75, 3.05) is 0 Å². The Morgan fingerprint density at radius 1 is 1.20 bits per heavy atom. The topological polar surface area (TPSA) is 38.3 Å². The molecule has 1 atom stereocenters. The van der Waals surface area contributed by atoms with Gasteiger partial charge in [0.15, 0.2) is 0 Å². The lowest BCUT2D eigenvalue weighted by molar-refractivity contribution is 0.0928. The Bertz CT molecular complexity index is 622. The van der Waals surface area contributed by atoms with Gasteiger partial charge in [0.1, 0.15) is 12.4 Å². The average molecular weight is 267 g/mol. The predicted molar refractivity (Wildman–Crippen MR) is 77.8 cm³/mol. The first-order chi connectivity index (χ1) is 9.72. The minimum atomic E-state index is -0.0103. The summed E-state index contributed by atoms with van der Waals surface area (Å²) in [5.74, 6) is 0.723. The standard InChI is InChI=1S/C17H17NO2/c1-12-9-14-7-8-15(10-16(14)17(19)18-12)20-11-13-5-3-2-4-6-13/h2-8,10,12H,9,11H2,1H3,(H,18,19). The number of ether oxygens (including phenoxy) is 1. The molecule has 2 aromatic carbocycles. The first-order valence-electron chi connectivity index (χ1n) is 6.83. The Kier molecular flexibility index (Phi) is 3.42. The molecule has 0 radical (unpaired) electrons. The molecule has 1 aliphatic rings. The molecule has 0 saturated carbocycles. The molecule has 3 heteroatoms. The van der Waals surface area contributed by atoms with Crippen molar-refractivity contribution in [2.24, 2.45) is 0 Å². The van der Waals surface area contributed by atoms with Gasteiger partial charge in [0.2, 0.25) is 0 Å². The van der Waals surface area contributed by atoms with E-state index in [4.69, 9.17) is 4.74 Å². The van der Waals surface area contributed by atoms with Gasteiger partial charge < -0.3 is 10.1 Å². The molecule has 1 unspecified atom stereocenters. The van der Waals surface area contributed by atoms with E-state index in [9.17, 15) is 4.79 Å². The van der Waals surface area contributed by atoms with Gasteiger partial charge >= 0.3 is 0 Å². The fourth-order valence-corrected chi connectivity index (χ4v) is 2.46. The summed E-state index contributed by atoms with van der Waals surface area (Å²) in [5.41, 5.74) is 2.94. The van der Waals surface area contributed by atoms with Crippen molar-refractivity contribution >= 4 is 5.91 Å². The summed E-state index contributed by atoms with van der Waals surface area (Å²) in [6, 6.07) is 16.0. The number of benzene rings is 2. The lowest BCUT2D eigenvalue weighted by atomic mass is 9.96. The van der Waals surface area contributed by atoms with Crippen molar-refractivity contribution in [1.82, 2.24) is 5.32 Å². The number of rotatable bonds is 3. The summed E-state index contributed by atoms with van der Waals surface area (Å²) in [5, 5.41) is 2.94. The molecule has 1 N–H and O–H groups in total. The van der Waals surface area contributed by atoms with Crippen LogP contribution in [0.4, 0.5) is 0 Å². The maximum Gasteiger partial charge on any atom is 0.251 e. The zero-order valence-electron chi connectivity index (χ0n) is 11.4. The minimum Gasteiger partial charge on any atom is -0.489 e. The number of hydrogen-bond acceptors (Lipinski definition) is 2. The van der Waals surface area contributed by atoms with E-state index < -0.39 is 0 Å². The largest absolute Gasteiger partial charge is 0.489 e.